The predicted octanol–water partition coefficient (Wildman–Crippen LogP) is 4.22. The second kappa shape index (κ2) is 9.35. The third-order valence-electron chi connectivity index (χ3n) is 4.31. The molecule has 0 bridgehead atoms. The fourth-order valence-electron chi connectivity index (χ4n) is 2.70. The molecule has 0 saturated carbocycles. The molecule has 9 nitrogen and oxygen atoms in total. The highest BCUT2D eigenvalue weighted by Gasteiger charge is 2.24. The molecule has 10 heteroatoms. The van der Waals surface area contributed by atoms with Crippen molar-refractivity contribution in [2.24, 2.45) is 0 Å². The van der Waals surface area contributed by atoms with Crippen LogP contribution < -0.4 is 10.1 Å². The molecular formula is C21H19N3O6S. The Morgan fingerprint density at radius 2 is 1.90 bits per heavy atom. The van der Waals surface area contributed by atoms with Crippen LogP contribution in [0.5, 0.6) is 5.75 Å². The van der Waals surface area contributed by atoms with Gasteiger partial charge < -0.3 is 14.8 Å². The summed E-state index contributed by atoms with van der Waals surface area (Å²) in [5, 5.41) is 14.2. The third kappa shape index (κ3) is 5.04. The number of nitrogens with zero attached hydrogens (tertiary/aromatic N) is 2. The minimum Gasteiger partial charge on any atom is -0.495 e. The zero-order chi connectivity index (χ0) is 22.5. The fraction of sp³-hybridized carbons (Fsp3) is 0.190. The minimum absolute atomic E-state index is 0.102. The maximum absolute atomic E-state index is 12.6. The summed E-state index contributed by atoms with van der Waals surface area (Å²) in [5.41, 5.74) is 1.26. The first-order valence-electron chi connectivity index (χ1n) is 9.17. The summed E-state index contributed by atoms with van der Waals surface area (Å²) in [4.78, 5) is 40.2. The summed E-state index contributed by atoms with van der Waals surface area (Å²) in [5.74, 6) is -1.09. The number of aromatic nitrogens is 1. The van der Waals surface area contributed by atoms with Crippen LogP contribution >= 0.6 is 11.3 Å². The zero-order valence-electron chi connectivity index (χ0n) is 16.9. The van der Waals surface area contributed by atoms with Crippen LogP contribution in [-0.2, 0) is 9.53 Å². The Balaban J connectivity index is 1.72. The molecule has 0 radical (unpaired) electrons. The van der Waals surface area contributed by atoms with Gasteiger partial charge in [0, 0.05) is 17.7 Å². The van der Waals surface area contributed by atoms with Crippen LogP contribution in [0.4, 0.5) is 11.4 Å². The highest BCUT2D eigenvalue weighted by molar-refractivity contribution is 7.17. The molecule has 3 aromatic rings. The first kappa shape index (κ1) is 21.9. The van der Waals surface area contributed by atoms with Crippen LogP contribution in [0.3, 0.4) is 0 Å². The number of ether oxygens (including phenoxy) is 2. The summed E-state index contributed by atoms with van der Waals surface area (Å²) < 4.78 is 10.4. The zero-order valence-corrected chi connectivity index (χ0v) is 17.8. The molecule has 2 aromatic carbocycles. The van der Waals surface area contributed by atoms with Crippen LogP contribution in [-0.4, -0.2) is 35.0 Å². The van der Waals surface area contributed by atoms with E-state index in [4.69, 9.17) is 9.47 Å². The highest BCUT2D eigenvalue weighted by atomic mass is 32.1. The number of nitro benzene ring substituents is 1. The number of carbonyl (C=O) groups excluding carboxylic acids is 2. The molecule has 1 heterocycles. The number of esters is 1. The maximum atomic E-state index is 12.6. The number of non-ortho nitro benzene ring substituents is 1. The number of nitro groups is 1. The van der Waals surface area contributed by atoms with Crippen molar-refractivity contribution in [3.05, 3.63) is 69.2 Å². The second-order valence-corrected chi connectivity index (χ2v) is 7.48. The van der Waals surface area contributed by atoms with Crippen molar-refractivity contribution in [3.63, 3.8) is 0 Å². The Morgan fingerprint density at radius 1 is 1.19 bits per heavy atom. The number of anilines is 1. The smallest absolute Gasteiger partial charge is 0.351 e. The molecule has 0 aliphatic rings. The molecule has 3 rings (SSSR count). The molecule has 1 N–H and O–H groups in total. The maximum Gasteiger partial charge on any atom is 0.351 e. The van der Waals surface area contributed by atoms with E-state index in [1.54, 1.807) is 6.92 Å². The lowest BCUT2D eigenvalue weighted by molar-refractivity contribution is -0.384. The van der Waals surface area contributed by atoms with Gasteiger partial charge in [-0.15, -0.1) is 11.3 Å². The monoisotopic (exact) mass is 441 g/mol. The van der Waals surface area contributed by atoms with Gasteiger partial charge in [-0.05, 0) is 19.9 Å². The average molecular weight is 441 g/mol. The Labute approximate surface area is 181 Å². The number of methoxy groups -OCH3 is 1. The van der Waals surface area contributed by atoms with Gasteiger partial charge in [0.25, 0.3) is 11.6 Å². The molecule has 0 saturated heterocycles. The number of nitrogens with one attached hydrogen (secondary N) is 1. The summed E-state index contributed by atoms with van der Waals surface area (Å²) in [6, 6.07) is 13.2. The van der Waals surface area contributed by atoms with Crippen LogP contribution in [0.15, 0.2) is 48.5 Å². The number of carbonyl (C=O) groups is 2. The first-order valence-corrected chi connectivity index (χ1v) is 9.99. The molecule has 0 spiro atoms. The van der Waals surface area contributed by atoms with Crippen molar-refractivity contribution >= 4 is 34.6 Å². The number of thiazole rings is 1. The SMILES string of the molecule is COc1ccc([N+](=O)[O-])cc1NC(=O)C(C)OC(=O)c1sc(-c2ccccc2)nc1C. The molecule has 160 valence electrons. The van der Waals surface area contributed by atoms with Crippen LogP contribution in [0.25, 0.3) is 10.6 Å². The molecular weight excluding hydrogens is 422 g/mol. The predicted molar refractivity (Wildman–Crippen MR) is 115 cm³/mol. The van der Waals surface area contributed by atoms with Gasteiger partial charge in [-0.2, -0.15) is 0 Å². The van der Waals surface area contributed by atoms with E-state index in [1.807, 2.05) is 30.3 Å². The van der Waals surface area contributed by atoms with Crippen molar-refractivity contribution in [2.75, 3.05) is 12.4 Å². The van der Waals surface area contributed by atoms with Crippen LogP contribution in [0.2, 0.25) is 0 Å². The number of hydrogen-bond donors (Lipinski definition) is 1. The van der Waals surface area contributed by atoms with Gasteiger partial charge in [-0.25, -0.2) is 9.78 Å². The largest absolute Gasteiger partial charge is 0.495 e. The Kier molecular flexibility index (Phi) is 6.61. The summed E-state index contributed by atoms with van der Waals surface area (Å²) in [7, 11) is 1.37. The highest BCUT2D eigenvalue weighted by Crippen LogP contribution is 2.30. The molecule has 1 aromatic heterocycles. The van der Waals surface area contributed by atoms with Gasteiger partial charge in [-0.3, -0.25) is 14.9 Å². The minimum atomic E-state index is -1.15. The quantitative estimate of drug-likeness (QED) is 0.331. The van der Waals surface area contributed by atoms with E-state index in [0.29, 0.717) is 15.6 Å². The van der Waals surface area contributed by atoms with E-state index in [0.717, 1.165) is 5.56 Å². The summed E-state index contributed by atoms with van der Waals surface area (Å²) in [6.07, 6.45) is -1.15. The molecule has 1 amide bonds. The lowest BCUT2D eigenvalue weighted by atomic mass is 10.2. The van der Waals surface area contributed by atoms with Crippen molar-refractivity contribution in [1.82, 2.24) is 4.98 Å². The normalized spacial score (nSPS) is 11.5. The van der Waals surface area contributed by atoms with Crippen molar-refractivity contribution < 1.29 is 24.0 Å². The van der Waals surface area contributed by atoms with Crippen molar-refractivity contribution in [2.45, 2.75) is 20.0 Å². The second-order valence-electron chi connectivity index (χ2n) is 6.48. The van der Waals surface area contributed by atoms with Crippen LogP contribution in [0.1, 0.15) is 22.3 Å². The van der Waals surface area contributed by atoms with Gasteiger partial charge in [0.05, 0.1) is 23.4 Å². The summed E-state index contributed by atoms with van der Waals surface area (Å²) in [6.45, 7) is 3.10. The Hall–Kier alpha value is -3.79. The van der Waals surface area contributed by atoms with E-state index in [9.17, 15) is 19.7 Å². The molecule has 0 aliphatic heterocycles. The van der Waals surface area contributed by atoms with E-state index in [-0.39, 0.29) is 17.1 Å². The number of aryl methyl sites for hydroxylation is 1. The van der Waals surface area contributed by atoms with Gasteiger partial charge in [0.2, 0.25) is 0 Å². The van der Waals surface area contributed by atoms with Gasteiger partial charge >= 0.3 is 5.97 Å². The number of benzene rings is 2. The number of hydrogen-bond acceptors (Lipinski definition) is 8. The standard InChI is InChI=1S/C21H19N3O6S/c1-12-18(31-20(22-12)14-7-5-4-6-8-14)21(26)30-13(2)19(25)23-16-11-15(24(27)28)9-10-17(16)29-3/h4-11,13H,1-3H3,(H,23,25). The number of rotatable bonds is 7. The molecule has 31 heavy (non-hydrogen) atoms. The van der Waals surface area contributed by atoms with Gasteiger partial charge in [0.15, 0.2) is 6.10 Å². The molecule has 1 unspecified atom stereocenters. The van der Waals surface area contributed by atoms with Gasteiger partial charge in [0.1, 0.15) is 15.6 Å². The first-order chi connectivity index (χ1) is 14.8. The number of amides is 1. The van der Waals surface area contributed by atoms with E-state index in [1.165, 1.54) is 43.6 Å². The Bertz CT molecular complexity index is 1130. The topological polar surface area (TPSA) is 121 Å². The lowest BCUT2D eigenvalue weighted by Crippen LogP contribution is -2.30. The molecule has 0 aliphatic carbocycles. The Morgan fingerprint density at radius 3 is 2.55 bits per heavy atom. The molecule has 0 fully saturated rings. The third-order valence-corrected chi connectivity index (χ3v) is 5.49. The van der Waals surface area contributed by atoms with E-state index < -0.39 is 22.9 Å². The van der Waals surface area contributed by atoms with Gasteiger partial charge in [-0.1, -0.05) is 30.3 Å². The van der Waals surface area contributed by atoms with Crippen molar-refractivity contribution in [3.8, 4) is 16.3 Å². The lowest BCUT2D eigenvalue weighted by Gasteiger charge is -2.14. The van der Waals surface area contributed by atoms with Crippen LogP contribution in [0, 0.1) is 17.0 Å². The van der Waals surface area contributed by atoms with E-state index >= 15 is 0 Å². The summed E-state index contributed by atoms with van der Waals surface area (Å²) >= 11 is 1.18. The fourth-order valence-corrected chi connectivity index (χ4v) is 3.65. The van der Waals surface area contributed by atoms with E-state index in [2.05, 4.69) is 10.3 Å². The average Bonchev–Trinajstić information content (AvgIpc) is 3.16. The van der Waals surface area contributed by atoms with Crippen molar-refractivity contribution in [1.29, 1.82) is 0 Å². The molecule has 1 atom stereocenters.